The van der Waals surface area contributed by atoms with E-state index in [0.717, 1.165) is 5.56 Å². The molecule has 12 heavy (non-hydrogen) atoms. The number of rotatable bonds is 2. The third-order valence-electron chi connectivity index (χ3n) is 1.41. The monoisotopic (exact) mass is 165 g/mol. The van der Waals surface area contributed by atoms with E-state index in [2.05, 4.69) is 10.4 Å². The zero-order valence-electron chi connectivity index (χ0n) is 6.49. The van der Waals surface area contributed by atoms with Gasteiger partial charge in [-0.05, 0) is 12.1 Å². The van der Waals surface area contributed by atoms with Crippen molar-refractivity contribution in [2.24, 2.45) is 11.6 Å². The lowest BCUT2D eigenvalue weighted by molar-refractivity contribution is 0.987. The Kier molecular flexibility index (Phi) is 2.49. The molecule has 0 aliphatic rings. The number of nitrogens with one attached hydrogen (secondary N) is 1. The zero-order chi connectivity index (χ0) is 8.97. The van der Waals surface area contributed by atoms with Crippen LogP contribution in [0.2, 0.25) is 0 Å². The molecule has 0 aromatic carbocycles. The Labute approximate surface area is 70.2 Å². The van der Waals surface area contributed by atoms with E-state index < -0.39 is 0 Å². The smallest absolute Gasteiger partial charge is 0.123 e. The molecule has 0 aliphatic carbocycles. The third kappa shape index (κ3) is 1.64. The molecule has 0 amide bonds. The zero-order valence-corrected chi connectivity index (χ0v) is 6.49. The average Bonchev–Trinajstić information content (AvgIpc) is 2.07. The molecule has 1 aromatic heterocycles. The molecule has 7 N–H and O–H groups in total. The number of hydrazine groups is 1. The fourth-order valence-electron chi connectivity index (χ4n) is 0.844. The molecule has 0 unspecified atom stereocenters. The SMILES string of the molecule is N/C=C(\NN)c1ccnc(N)c1. The Bertz CT molecular complexity index is 294. The highest BCUT2D eigenvalue weighted by atomic mass is 15.2. The third-order valence-corrected chi connectivity index (χ3v) is 1.41. The molecule has 0 atom stereocenters. The number of nitrogens with two attached hydrogens (primary N) is 3. The first-order valence-corrected chi connectivity index (χ1v) is 3.38. The minimum Gasteiger partial charge on any atom is -0.403 e. The van der Waals surface area contributed by atoms with Crippen molar-refractivity contribution in [2.75, 3.05) is 5.73 Å². The summed E-state index contributed by atoms with van der Waals surface area (Å²) in [4.78, 5) is 3.83. The van der Waals surface area contributed by atoms with Crippen molar-refractivity contribution in [3.63, 3.8) is 0 Å². The van der Waals surface area contributed by atoms with E-state index >= 15 is 0 Å². The van der Waals surface area contributed by atoms with Crippen LogP contribution in [0.25, 0.3) is 5.70 Å². The molecule has 0 bridgehead atoms. The maximum Gasteiger partial charge on any atom is 0.123 e. The maximum atomic E-state index is 5.46. The van der Waals surface area contributed by atoms with E-state index in [1.807, 2.05) is 0 Å². The van der Waals surface area contributed by atoms with Gasteiger partial charge in [-0.2, -0.15) is 0 Å². The number of nitrogens with zero attached hydrogens (tertiary/aromatic N) is 1. The fraction of sp³-hybridized carbons (Fsp3) is 0. The molecule has 1 aromatic rings. The van der Waals surface area contributed by atoms with Crippen LogP contribution in [0.5, 0.6) is 0 Å². The van der Waals surface area contributed by atoms with Gasteiger partial charge in [-0.3, -0.25) is 5.84 Å². The van der Waals surface area contributed by atoms with Crippen LogP contribution < -0.4 is 22.7 Å². The van der Waals surface area contributed by atoms with Crippen molar-refractivity contribution < 1.29 is 0 Å². The van der Waals surface area contributed by atoms with E-state index in [4.69, 9.17) is 17.3 Å². The lowest BCUT2D eigenvalue weighted by atomic mass is 10.2. The molecule has 0 spiro atoms. The summed E-state index contributed by atoms with van der Waals surface area (Å²) in [5.41, 5.74) is 14.6. The van der Waals surface area contributed by atoms with E-state index in [-0.39, 0.29) is 0 Å². The molecule has 0 saturated carbocycles. The van der Waals surface area contributed by atoms with E-state index in [0.29, 0.717) is 11.5 Å². The van der Waals surface area contributed by atoms with Gasteiger partial charge in [-0.1, -0.05) is 0 Å². The van der Waals surface area contributed by atoms with Gasteiger partial charge in [0.1, 0.15) is 5.82 Å². The Hall–Kier alpha value is -1.75. The summed E-state index contributed by atoms with van der Waals surface area (Å²) >= 11 is 0. The van der Waals surface area contributed by atoms with Crippen molar-refractivity contribution in [3.8, 4) is 0 Å². The number of pyridine rings is 1. The highest BCUT2D eigenvalue weighted by molar-refractivity contribution is 5.64. The van der Waals surface area contributed by atoms with Gasteiger partial charge in [0.15, 0.2) is 0 Å². The van der Waals surface area contributed by atoms with Crippen molar-refractivity contribution in [2.45, 2.75) is 0 Å². The second-order valence-electron chi connectivity index (χ2n) is 2.19. The molecule has 1 heterocycles. The van der Waals surface area contributed by atoms with Gasteiger partial charge < -0.3 is 16.9 Å². The summed E-state index contributed by atoms with van der Waals surface area (Å²) in [6.07, 6.45) is 2.96. The molecular weight excluding hydrogens is 154 g/mol. The standard InChI is InChI=1S/C7H11N5/c8-4-6(12-10)5-1-2-11-7(9)3-5/h1-4,12H,8,10H2,(H2,9,11)/b6-4-. The molecule has 5 nitrogen and oxygen atoms in total. The Balaban J connectivity index is 3.02. The van der Waals surface area contributed by atoms with Crippen LogP contribution in [0.4, 0.5) is 5.82 Å². The predicted octanol–water partition coefficient (Wildman–Crippen LogP) is -0.616. The molecule has 1 rings (SSSR count). The lowest BCUT2D eigenvalue weighted by Gasteiger charge is -2.05. The summed E-state index contributed by atoms with van der Waals surface area (Å²) in [5.74, 6) is 5.64. The van der Waals surface area contributed by atoms with Crippen LogP contribution in [0, 0.1) is 0 Å². The van der Waals surface area contributed by atoms with Crippen LogP contribution in [0.1, 0.15) is 5.56 Å². The lowest BCUT2D eigenvalue weighted by Crippen LogP contribution is -2.21. The highest BCUT2D eigenvalue weighted by Gasteiger charge is 1.98. The van der Waals surface area contributed by atoms with Gasteiger partial charge >= 0.3 is 0 Å². The number of aromatic nitrogens is 1. The van der Waals surface area contributed by atoms with Gasteiger partial charge in [0.25, 0.3) is 0 Å². The second-order valence-corrected chi connectivity index (χ2v) is 2.19. The first-order valence-electron chi connectivity index (χ1n) is 3.38. The summed E-state index contributed by atoms with van der Waals surface area (Å²) in [6, 6.07) is 3.44. The number of hydrogen-bond acceptors (Lipinski definition) is 5. The molecule has 0 aliphatic heterocycles. The first kappa shape index (κ1) is 8.35. The van der Waals surface area contributed by atoms with E-state index in [9.17, 15) is 0 Å². The van der Waals surface area contributed by atoms with Gasteiger partial charge in [-0.25, -0.2) is 4.98 Å². The maximum absolute atomic E-state index is 5.46. The molecule has 5 heteroatoms. The Morgan fingerprint density at radius 3 is 2.83 bits per heavy atom. The van der Waals surface area contributed by atoms with Crippen LogP contribution in [-0.2, 0) is 0 Å². The molecule has 0 fully saturated rings. The van der Waals surface area contributed by atoms with E-state index in [1.165, 1.54) is 6.20 Å². The molecule has 0 saturated heterocycles. The molecule has 0 radical (unpaired) electrons. The number of hydrogen-bond donors (Lipinski definition) is 4. The molecule has 64 valence electrons. The average molecular weight is 165 g/mol. The second kappa shape index (κ2) is 3.59. The summed E-state index contributed by atoms with van der Waals surface area (Å²) in [5, 5.41) is 0. The minimum absolute atomic E-state index is 0.433. The Morgan fingerprint density at radius 1 is 1.58 bits per heavy atom. The number of nitrogen functional groups attached to an aromatic ring is 1. The van der Waals surface area contributed by atoms with Gasteiger partial charge in [0.05, 0.1) is 5.70 Å². The van der Waals surface area contributed by atoms with Crippen molar-refractivity contribution in [3.05, 3.63) is 30.1 Å². The van der Waals surface area contributed by atoms with Gasteiger partial charge in [-0.15, -0.1) is 0 Å². The first-order chi connectivity index (χ1) is 5.77. The van der Waals surface area contributed by atoms with Crippen LogP contribution in [0.15, 0.2) is 24.5 Å². The summed E-state index contributed by atoms with van der Waals surface area (Å²) in [7, 11) is 0. The molecular formula is C7H11N5. The van der Waals surface area contributed by atoms with Crippen molar-refractivity contribution in [1.82, 2.24) is 10.4 Å². The van der Waals surface area contributed by atoms with Crippen LogP contribution >= 0.6 is 0 Å². The summed E-state index contributed by atoms with van der Waals surface area (Å²) in [6.45, 7) is 0. The number of anilines is 1. The largest absolute Gasteiger partial charge is 0.403 e. The fourth-order valence-corrected chi connectivity index (χ4v) is 0.844. The van der Waals surface area contributed by atoms with Crippen molar-refractivity contribution >= 4 is 11.5 Å². The predicted molar refractivity (Wildman–Crippen MR) is 48.1 cm³/mol. The van der Waals surface area contributed by atoms with Crippen LogP contribution in [-0.4, -0.2) is 4.98 Å². The van der Waals surface area contributed by atoms with Crippen LogP contribution in [0.3, 0.4) is 0 Å². The minimum atomic E-state index is 0.433. The van der Waals surface area contributed by atoms with Gasteiger partial charge in [0, 0.05) is 18.0 Å². The summed E-state index contributed by atoms with van der Waals surface area (Å²) < 4.78 is 0. The highest BCUT2D eigenvalue weighted by Crippen LogP contribution is 2.10. The Morgan fingerprint density at radius 2 is 2.33 bits per heavy atom. The van der Waals surface area contributed by atoms with E-state index in [1.54, 1.807) is 18.3 Å². The van der Waals surface area contributed by atoms with Crippen molar-refractivity contribution in [1.29, 1.82) is 0 Å². The normalized spacial score (nSPS) is 11.2. The topological polar surface area (TPSA) is 103 Å². The van der Waals surface area contributed by atoms with Gasteiger partial charge in [0.2, 0.25) is 0 Å². The quantitative estimate of drug-likeness (QED) is 0.345.